The molecule has 1 amide bonds. The zero-order valence-electron chi connectivity index (χ0n) is 21.2. The van der Waals surface area contributed by atoms with Crippen LogP contribution in [0, 0.1) is 0 Å². The fourth-order valence-electron chi connectivity index (χ4n) is 5.53. The standard InChI is InChI=1S/C31H34N4O2/c36-31-13-11-25-10-12-26(22-28(25)32-31)37-21-5-15-33-17-19-34(20-18-33)29-8-4-9-30-27(29)14-16-35(30)23-24-6-2-1-3-7-24/h1-4,6-10,12,14,16,22H,5,11,13,15,17-21,23H2,(H,32,36). The third-order valence-corrected chi connectivity index (χ3v) is 7.56. The Labute approximate surface area is 218 Å². The molecule has 37 heavy (non-hydrogen) atoms. The van der Waals surface area contributed by atoms with Crippen molar-refractivity contribution in [1.29, 1.82) is 0 Å². The highest BCUT2D eigenvalue weighted by atomic mass is 16.5. The summed E-state index contributed by atoms with van der Waals surface area (Å²) in [6.07, 6.45) is 4.58. The van der Waals surface area contributed by atoms with Gasteiger partial charge in [-0.1, -0.05) is 42.5 Å². The SMILES string of the molecule is O=C1CCc2ccc(OCCCN3CCN(c4cccc5c4ccn5Cc4ccccc4)CC3)cc2N1. The van der Waals surface area contributed by atoms with Gasteiger partial charge in [0.15, 0.2) is 0 Å². The van der Waals surface area contributed by atoms with Crippen molar-refractivity contribution in [1.82, 2.24) is 9.47 Å². The summed E-state index contributed by atoms with van der Waals surface area (Å²) in [7, 11) is 0. The molecule has 190 valence electrons. The third-order valence-electron chi connectivity index (χ3n) is 7.56. The minimum Gasteiger partial charge on any atom is -0.493 e. The molecule has 3 aromatic carbocycles. The number of aryl methyl sites for hydroxylation is 1. The second-order valence-corrected chi connectivity index (χ2v) is 10.0. The minimum atomic E-state index is 0.0878. The van der Waals surface area contributed by atoms with Crippen molar-refractivity contribution >= 4 is 28.2 Å². The first-order chi connectivity index (χ1) is 18.2. The number of amides is 1. The maximum Gasteiger partial charge on any atom is 0.224 e. The molecule has 3 heterocycles. The van der Waals surface area contributed by atoms with Gasteiger partial charge in [0.2, 0.25) is 5.91 Å². The number of anilines is 2. The Morgan fingerprint density at radius 2 is 1.73 bits per heavy atom. The number of aromatic nitrogens is 1. The van der Waals surface area contributed by atoms with Gasteiger partial charge in [0.05, 0.1) is 12.1 Å². The number of fused-ring (bicyclic) bond motifs is 2. The van der Waals surface area contributed by atoms with Crippen LogP contribution in [-0.4, -0.2) is 54.7 Å². The average molecular weight is 495 g/mol. The Hall–Kier alpha value is -3.77. The summed E-state index contributed by atoms with van der Waals surface area (Å²) < 4.78 is 8.34. The van der Waals surface area contributed by atoms with Crippen molar-refractivity contribution < 1.29 is 9.53 Å². The first-order valence-electron chi connectivity index (χ1n) is 13.4. The van der Waals surface area contributed by atoms with E-state index >= 15 is 0 Å². The summed E-state index contributed by atoms with van der Waals surface area (Å²) in [4.78, 5) is 16.7. The number of ether oxygens (including phenoxy) is 1. The minimum absolute atomic E-state index is 0.0878. The second kappa shape index (κ2) is 10.7. The van der Waals surface area contributed by atoms with Crippen LogP contribution in [0.25, 0.3) is 10.9 Å². The quantitative estimate of drug-likeness (QED) is 0.344. The first kappa shape index (κ1) is 23.6. The molecule has 6 heteroatoms. The van der Waals surface area contributed by atoms with E-state index in [1.807, 2.05) is 12.1 Å². The summed E-state index contributed by atoms with van der Waals surface area (Å²) in [6.45, 7) is 6.80. The van der Waals surface area contributed by atoms with Crippen molar-refractivity contribution in [3.63, 3.8) is 0 Å². The largest absolute Gasteiger partial charge is 0.493 e. The lowest BCUT2D eigenvalue weighted by Gasteiger charge is -2.36. The molecule has 0 radical (unpaired) electrons. The maximum atomic E-state index is 11.7. The van der Waals surface area contributed by atoms with Crippen molar-refractivity contribution in [3.8, 4) is 5.75 Å². The molecule has 0 spiro atoms. The molecule has 6 nitrogen and oxygen atoms in total. The van der Waals surface area contributed by atoms with E-state index in [0.717, 1.165) is 63.5 Å². The number of rotatable bonds is 8. The van der Waals surface area contributed by atoms with Crippen LogP contribution in [0.4, 0.5) is 11.4 Å². The van der Waals surface area contributed by atoms with Crippen LogP contribution >= 0.6 is 0 Å². The molecule has 2 aliphatic rings. The number of nitrogens with one attached hydrogen (secondary N) is 1. The zero-order valence-corrected chi connectivity index (χ0v) is 21.2. The Morgan fingerprint density at radius 3 is 2.59 bits per heavy atom. The molecule has 6 rings (SSSR count). The normalized spacial score (nSPS) is 16.0. The van der Waals surface area contributed by atoms with Gasteiger partial charge in [-0.05, 0) is 48.2 Å². The van der Waals surface area contributed by atoms with Crippen molar-refractivity contribution in [3.05, 3.63) is 90.1 Å². The smallest absolute Gasteiger partial charge is 0.224 e. The molecule has 1 aromatic heterocycles. The average Bonchev–Trinajstić information content (AvgIpc) is 3.34. The van der Waals surface area contributed by atoms with Crippen LogP contribution in [0.15, 0.2) is 79.0 Å². The highest BCUT2D eigenvalue weighted by Crippen LogP contribution is 2.30. The van der Waals surface area contributed by atoms with E-state index in [0.29, 0.717) is 13.0 Å². The number of nitrogens with zero attached hydrogens (tertiary/aromatic N) is 3. The van der Waals surface area contributed by atoms with E-state index in [9.17, 15) is 4.79 Å². The summed E-state index contributed by atoms with van der Waals surface area (Å²) in [5.74, 6) is 0.919. The van der Waals surface area contributed by atoms with Crippen LogP contribution in [0.5, 0.6) is 5.75 Å². The Morgan fingerprint density at radius 1 is 0.865 bits per heavy atom. The highest BCUT2D eigenvalue weighted by molar-refractivity contribution is 5.94. The van der Waals surface area contributed by atoms with E-state index in [2.05, 4.69) is 86.5 Å². The number of carbonyl (C=O) groups is 1. The van der Waals surface area contributed by atoms with E-state index in [1.54, 1.807) is 0 Å². The molecule has 4 aromatic rings. The van der Waals surface area contributed by atoms with Crippen molar-refractivity contribution in [2.45, 2.75) is 25.8 Å². The first-order valence-corrected chi connectivity index (χ1v) is 13.4. The van der Waals surface area contributed by atoms with Gasteiger partial charge >= 0.3 is 0 Å². The van der Waals surface area contributed by atoms with Gasteiger partial charge in [0.1, 0.15) is 5.75 Å². The van der Waals surface area contributed by atoms with Gasteiger partial charge in [0.25, 0.3) is 0 Å². The van der Waals surface area contributed by atoms with Crippen LogP contribution in [0.2, 0.25) is 0 Å². The number of hydrogen-bond donors (Lipinski definition) is 1. The highest BCUT2D eigenvalue weighted by Gasteiger charge is 2.19. The monoisotopic (exact) mass is 494 g/mol. The van der Waals surface area contributed by atoms with E-state index in [4.69, 9.17) is 4.74 Å². The van der Waals surface area contributed by atoms with Gasteiger partial charge in [-0.3, -0.25) is 9.69 Å². The van der Waals surface area contributed by atoms with Crippen LogP contribution < -0.4 is 15.0 Å². The van der Waals surface area contributed by atoms with E-state index < -0.39 is 0 Å². The molecule has 1 N–H and O–H groups in total. The van der Waals surface area contributed by atoms with Crippen molar-refractivity contribution in [2.75, 3.05) is 49.5 Å². The van der Waals surface area contributed by atoms with Crippen LogP contribution in [-0.2, 0) is 17.8 Å². The third kappa shape index (κ3) is 5.35. The molecule has 1 fully saturated rings. The fourth-order valence-corrected chi connectivity index (χ4v) is 5.53. The second-order valence-electron chi connectivity index (χ2n) is 10.0. The number of piperazine rings is 1. The van der Waals surface area contributed by atoms with Gasteiger partial charge in [-0.25, -0.2) is 0 Å². The molecule has 0 atom stereocenters. The maximum absolute atomic E-state index is 11.7. The predicted octanol–water partition coefficient (Wildman–Crippen LogP) is 5.17. The molecule has 0 unspecified atom stereocenters. The lowest BCUT2D eigenvalue weighted by atomic mass is 10.0. The lowest BCUT2D eigenvalue weighted by Crippen LogP contribution is -2.46. The summed E-state index contributed by atoms with van der Waals surface area (Å²) in [6, 6.07) is 25.6. The molecule has 0 aliphatic carbocycles. The van der Waals surface area contributed by atoms with Gasteiger partial charge in [-0.2, -0.15) is 0 Å². The fraction of sp³-hybridized carbons (Fsp3) is 0.323. The van der Waals surface area contributed by atoms with Crippen molar-refractivity contribution in [2.24, 2.45) is 0 Å². The molecule has 0 saturated carbocycles. The van der Waals surface area contributed by atoms with E-state index in [1.165, 1.54) is 27.7 Å². The Balaban J connectivity index is 0.999. The summed E-state index contributed by atoms with van der Waals surface area (Å²) in [5, 5.41) is 4.28. The summed E-state index contributed by atoms with van der Waals surface area (Å²) in [5.41, 5.74) is 6.04. The van der Waals surface area contributed by atoms with Gasteiger partial charge < -0.3 is 19.5 Å². The topological polar surface area (TPSA) is 49.7 Å². The number of hydrogen-bond acceptors (Lipinski definition) is 4. The van der Waals surface area contributed by atoms with Crippen LogP contribution in [0.3, 0.4) is 0 Å². The van der Waals surface area contributed by atoms with Gasteiger partial charge in [0, 0.05) is 74.7 Å². The summed E-state index contributed by atoms with van der Waals surface area (Å²) >= 11 is 0. The van der Waals surface area contributed by atoms with Crippen LogP contribution in [0.1, 0.15) is 24.0 Å². The molecule has 1 saturated heterocycles. The lowest BCUT2D eigenvalue weighted by molar-refractivity contribution is -0.116. The zero-order chi connectivity index (χ0) is 25.0. The molecule has 2 aliphatic heterocycles. The predicted molar refractivity (Wildman–Crippen MR) is 150 cm³/mol. The van der Waals surface area contributed by atoms with Gasteiger partial charge in [-0.15, -0.1) is 0 Å². The number of benzene rings is 3. The Kier molecular flexibility index (Phi) is 6.82. The van der Waals surface area contributed by atoms with E-state index in [-0.39, 0.29) is 5.91 Å². The molecular weight excluding hydrogens is 460 g/mol. The molecular formula is C31H34N4O2. The number of carbonyl (C=O) groups excluding carboxylic acids is 1. The Bertz CT molecular complexity index is 1370. The molecule has 0 bridgehead atoms.